The predicted molar refractivity (Wildman–Crippen MR) is 86.0 cm³/mol. The van der Waals surface area contributed by atoms with Crippen LogP contribution in [-0.2, 0) is 6.42 Å². The average Bonchev–Trinajstić information content (AvgIpc) is 2.43. The van der Waals surface area contributed by atoms with Crippen molar-refractivity contribution >= 4 is 28.8 Å². The molecule has 0 atom stereocenters. The maximum atomic E-state index is 13.2. The highest BCUT2D eigenvalue weighted by Gasteiger charge is 2.08. The Morgan fingerprint density at radius 1 is 1.24 bits per heavy atom. The topological polar surface area (TPSA) is 55.1 Å². The van der Waals surface area contributed by atoms with E-state index in [-0.39, 0.29) is 11.7 Å². The van der Waals surface area contributed by atoms with Crippen molar-refractivity contribution in [2.24, 2.45) is 5.73 Å². The fraction of sp³-hybridized carbons (Fsp3) is 0.125. The van der Waals surface area contributed by atoms with Gasteiger partial charge in [-0.3, -0.25) is 4.79 Å². The summed E-state index contributed by atoms with van der Waals surface area (Å²) in [5.74, 6) is -0.603. The molecular formula is C16H15FN2OS. The van der Waals surface area contributed by atoms with Crippen molar-refractivity contribution in [3.05, 3.63) is 65.0 Å². The summed E-state index contributed by atoms with van der Waals surface area (Å²) < 4.78 is 13.2. The number of anilines is 1. The molecule has 3 nitrogen and oxygen atoms in total. The van der Waals surface area contributed by atoms with E-state index in [0.29, 0.717) is 28.2 Å². The van der Waals surface area contributed by atoms with E-state index >= 15 is 0 Å². The van der Waals surface area contributed by atoms with E-state index in [1.165, 1.54) is 18.2 Å². The number of halogens is 1. The van der Waals surface area contributed by atoms with Crippen molar-refractivity contribution in [2.75, 3.05) is 5.32 Å². The maximum absolute atomic E-state index is 13.2. The Hall–Kier alpha value is -2.27. The lowest BCUT2D eigenvalue weighted by Gasteiger charge is -2.07. The Labute approximate surface area is 128 Å². The SMILES string of the molecule is Cc1cc(C(=O)Nc2ccc(CC(N)=S)cc2)ccc1F. The van der Waals surface area contributed by atoms with Crippen molar-refractivity contribution in [2.45, 2.75) is 13.3 Å². The normalized spacial score (nSPS) is 10.2. The molecule has 0 saturated heterocycles. The van der Waals surface area contributed by atoms with Gasteiger partial charge in [0, 0.05) is 17.7 Å². The molecule has 0 fully saturated rings. The van der Waals surface area contributed by atoms with Crippen LogP contribution in [0.2, 0.25) is 0 Å². The van der Waals surface area contributed by atoms with Crippen molar-refractivity contribution in [1.29, 1.82) is 0 Å². The van der Waals surface area contributed by atoms with E-state index in [4.69, 9.17) is 18.0 Å². The Balaban J connectivity index is 2.08. The van der Waals surface area contributed by atoms with Gasteiger partial charge in [0.2, 0.25) is 0 Å². The smallest absolute Gasteiger partial charge is 0.255 e. The first-order chi connectivity index (χ1) is 9.95. The average molecular weight is 302 g/mol. The second-order valence-electron chi connectivity index (χ2n) is 4.76. The minimum atomic E-state index is -0.325. The zero-order valence-electron chi connectivity index (χ0n) is 11.5. The van der Waals surface area contributed by atoms with Crippen molar-refractivity contribution in [3.8, 4) is 0 Å². The van der Waals surface area contributed by atoms with E-state index in [2.05, 4.69) is 5.32 Å². The number of hydrogen-bond acceptors (Lipinski definition) is 2. The van der Waals surface area contributed by atoms with E-state index < -0.39 is 0 Å². The fourth-order valence-corrected chi connectivity index (χ4v) is 2.06. The number of aryl methyl sites for hydroxylation is 1. The molecule has 0 bridgehead atoms. The summed E-state index contributed by atoms with van der Waals surface area (Å²) in [5, 5.41) is 2.76. The largest absolute Gasteiger partial charge is 0.393 e. The molecule has 2 aromatic rings. The predicted octanol–water partition coefficient (Wildman–Crippen LogP) is 3.22. The first kappa shape index (κ1) is 15.1. The van der Waals surface area contributed by atoms with Crippen LogP contribution in [0.3, 0.4) is 0 Å². The quantitative estimate of drug-likeness (QED) is 0.853. The minimum absolute atomic E-state index is 0.278. The third kappa shape index (κ3) is 4.10. The van der Waals surface area contributed by atoms with E-state index in [0.717, 1.165) is 5.56 Å². The van der Waals surface area contributed by atoms with Gasteiger partial charge in [-0.1, -0.05) is 24.4 Å². The van der Waals surface area contributed by atoms with Crippen molar-refractivity contribution in [1.82, 2.24) is 0 Å². The minimum Gasteiger partial charge on any atom is -0.393 e. The number of nitrogens with two attached hydrogens (primary N) is 1. The van der Waals surface area contributed by atoms with Gasteiger partial charge in [-0.15, -0.1) is 0 Å². The lowest BCUT2D eigenvalue weighted by atomic mass is 10.1. The van der Waals surface area contributed by atoms with Crippen LogP contribution in [0.5, 0.6) is 0 Å². The van der Waals surface area contributed by atoms with Crippen LogP contribution in [0, 0.1) is 12.7 Å². The molecule has 0 aliphatic rings. The van der Waals surface area contributed by atoms with Crippen LogP contribution >= 0.6 is 12.2 Å². The molecule has 0 aliphatic carbocycles. The summed E-state index contributed by atoms with van der Waals surface area (Å²) in [7, 11) is 0. The number of hydrogen-bond donors (Lipinski definition) is 2. The number of carbonyl (C=O) groups is 1. The first-order valence-electron chi connectivity index (χ1n) is 6.40. The zero-order chi connectivity index (χ0) is 15.4. The highest BCUT2D eigenvalue weighted by Crippen LogP contribution is 2.14. The number of carbonyl (C=O) groups excluding carboxylic acids is 1. The van der Waals surface area contributed by atoms with E-state index in [9.17, 15) is 9.18 Å². The molecule has 0 spiro atoms. The molecule has 3 N–H and O–H groups in total. The Morgan fingerprint density at radius 3 is 2.48 bits per heavy atom. The molecule has 0 heterocycles. The van der Waals surface area contributed by atoms with Gasteiger partial charge in [-0.05, 0) is 48.4 Å². The Bertz CT molecular complexity index is 683. The summed E-state index contributed by atoms with van der Waals surface area (Å²) >= 11 is 4.84. The van der Waals surface area contributed by atoms with Crippen molar-refractivity contribution < 1.29 is 9.18 Å². The summed E-state index contributed by atoms with van der Waals surface area (Å²) in [6.07, 6.45) is 0.528. The number of nitrogens with one attached hydrogen (secondary N) is 1. The second-order valence-corrected chi connectivity index (χ2v) is 5.28. The first-order valence-corrected chi connectivity index (χ1v) is 6.81. The van der Waals surface area contributed by atoms with Crippen molar-refractivity contribution in [3.63, 3.8) is 0 Å². The molecule has 0 radical (unpaired) electrons. The summed E-state index contributed by atoms with van der Waals surface area (Å²) in [5.41, 5.74) is 7.98. The fourth-order valence-electron chi connectivity index (χ4n) is 1.90. The lowest BCUT2D eigenvalue weighted by Crippen LogP contribution is -2.13. The molecule has 108 valence electrons. The van der Waals surface area contributed by atoms with Gasteiger partial charge in [-0.25, -0.2) is 4.39 Å². The van der Waals surface area contributed by atoms with Crippen LogP contribution in [-0.4, -0.2) is 10.9 Å². The van der Waals surface area contributed by atoms with Gasteiger partial charge in [0.25, 0.3) is 5.91 Å². The molecule has 0 unspecified atom stereocenters. The van der Waals surface area contributed by atoms with Crippen LogP contribution < -0.4 is 11.1 Å². The van der Waals surface area contributed by atoms with Gasteiger partial charge in [-0.2, -0.15) is 0 Å². The van der Waals surface area contributed by atoms with Gasteiger partial charge in [0.05, 0.1) is 4.99 Å². The van der Waals surface area contributed by atoms with Crippen LogP contribution in [0.25, 0.3) is 0 Å². The lowest BCUT2D eigenvalue weighted by molar-refractivity contribution is 0.102. The highest BCUT2D eigenvalue weighted by atomic mass is 32.1. The highest BCUT2D eigenvalue weighted by molar-refractivity contribution is 7.80. The molecule has 0 saturated carbocycles. The molecule has 2 rings (SSSR count). The van der Waals surface area contributed by atoms with Crippen LogP contribution in [0.1, 0.15) is 21.5 Å². The monoisotopic (exact) mass is 302 g/mol. The molecule has 2 aromatic carbocycles. The third-order valence-corrected chi connectivity index (χ3v) is 3.15. The van der Waals surface area contributed by atoms with Crippen LogP contribution in [0.15, 0.2) is 42.5 Å². The van der Waals surface area contributed by atoms with E-state index in [1.807, 2.05) is 12.1 Å². The summed E-state index contributed by atoms with van der Waals surface area (Å²) in [6, 6.07) is 11.5. The molecular weight excluding hydrogens is 287 g/mol. The molecule has 0 aliphatic heterocycles. The van der Waals surface area contributed by atoms with Gasteiger partial charge in [0.15, 0.2) is 0 Å². The second kappa shape index (κ2) is 6.45. The number of thiocarbonyl (C=S) groups is 1. The molecule has 21 heavy (non-hydrogen) atoms. The standard InChI is InChI=1S/C16H15FN2OS/c1-10-8-12(4-7-14(10)17)16(20)19-13-5-2-11(3-6-13)9-15(18)21/h2-8H,9H2,1H3,(H2,18,21)(H,19,20). The zero-order valence-corrected chi connectivity index (χ0v) is 12.3. The molecule has 1 amide bonds. The third-order valence-electron chi connectivity index (χ3n) is 3.01. The molecule has 0 aromatic heterocycles. The number of benzene rings is 2. The summed E-state index contributed by atoms with van der Waals surface area (Å²) in [6.45, 7) is 1.62. The Kier molecular flexibility index (Phi) is 4.65. The van der Waals surface area contributed by atoms with Crippen LogP contribution in [0.4, 0.5) is 10.1 Å². The van der Waals surface area contributed by atoms with E-state index in [1.54, 1.807) is 19.1 Å². The molecule has 5 heteroatoms. The summed E-state index contributed by atoms with van der Waals surface area (Å²) in [4.78, 5) is 12.5. The van der Waals surface area contributed by atoms with Gasteiger partial charge < -0.3 is 11.1 Å². The van der Waals surface area contributed by atoms with Gasteiger partial charge >= 0.3 is 0 Å². The Morgan fingerprint density at radius 2 is 1.90 bits per heavy atom. The van der Waals surface area contributed by atoms with Gasteiger partial charge in [0.1, 0.15) is 5.82 Å². The number of amides is 1. The number of rotatable bonds is 4. The maximum Gasteiger partial charge on any atom is 0.255 e.